The van der Waals surface area contributed by atoms with Crippen LogP contribution in [0.1, 0.15) is 13.8 Å². The van der Waals surface area contributed by atoms with Crippen LogP contribution in [0.4, 0.5) is 0 Å². The highest BCUT2D eigenvalue weighted by Crippen LogP contribution is 2.41. The monoisotopic (exact) mass is 249 g/mol. The molecule has 2 atom stereocenters. The molecule has 1 saturated heterocycles. The van der Waals surface area contributed by atoms with Gasteiger partial charge in [0.2, 0.25) is 0 Å². The molecule has 1 aliphatic heterocycles. The molecule has 3 heteroatoms. The van der Waals surface area contributed by atoms with Crippen molar-refractivity contribution in [2.24, 2.45) is 17.3 Å². The van der Waals surface area contributed by atoms with Crippen LogP contribution in [0.5, 0.6) is 0 Å². The summed E-state index contributed by atoms with van der Waals surface area (Å²) in [5.74, 6) is 0.236. The summed E-state index contributed by atoms with van der Waals surface area (Å²) in [4.78, 5) is 13.5. The van der Waals surface area contributed by atoms with Crippen LogP contribution in [-0.4, -0.2) is 44.0 Å². The van der Waals surface area contributed by atoms with Gasteiger partial charge in [-0.1, -0.05) is 38.2 Å². The number of hydrogen-bond donors (Lipinski definition) is 0. The highest BCUT2D eigenvalue weighted by atomic mass is 16.5. The topological polar surface area (TPSA) is 29.5 Å². The smallest absolute Gasteiger partial charge is 0.130 e. The van der Waals surface area contributed by atoms with Crippen LogP contribution in [-0.2, 0) is 9.53 Å². The second-order valence-electron chi connectivity index (χ2n) is 5.88. The van der Waals surface area contributed by atoms with Crippen molar-refractivity contribution < 1.29 is 9.53 Å². The molecule has 0 amide bonds. The van der Waals surface area contributed by atoms with Crippen molar-refractivity contribution in [1.82, 2.24) is 4.90 Å². The van der Waals surface area contributed by atoms with E-state index in [4.69, 9.17) is 4.74 Å². The fourth-order valence-electron chi connectivity index (χ4n) is 2.83. The average molecular weight is 249 g/mol. The van der Waals surface area contributed by atoms with E-state index in [1.807, 2.05) is 6.08 Å². The van der Waals surface area contributed by atoms with Gasteiger partial charge >= 0.3 is 0 Å². The Morgan fingerprint density at radius 1 is 1.50 bits per heavy atom. The van der Waals surface area contributed by atoms with Gasteiger partial charge in [0.1, 0.15) is 6.29 Å². The predicted octanol–water partition coefficient (Wildman–Crippen LogP) is 1.90. The zero-order valence-electron chi connectivity index (χ0n) is 11.4. The van der Waals surface area contributed by atoms with Gasteiger partial charge in [0.15, 0.2) is 0 Å². The van der Waals surface area contributed by atoms with E-state index >= 15 is 0 Å². The molecule has 2 rings (SSSR count). The van der Waals surface area contributed by atoms with Crippen LogP contribution in [0, 0.1) is 17.3 Å². The Kier molecular flexibility index (Phi) is 4.03. The summed E-state index contributed by atoms with van der Waals surface area (Å²) in [6.07, 6.45) is 5.16. The molecule has 0 aromatic heterocycles. The van der Waals surface area contributed by atoms with Gasteiger partial charge in [-0.3, -0.25) is 4.90 Å². The molecule has 0 N–H and O–H groups in total. The van der Waals surface area contributed by atoms with Gasteiger partial charge in [-0.25, -0.2) is 0 Å². The second kappa shape index (κ2) is 5.37. The minimum absolute atomic E-state index is 0.0783. The number of morpholine rings is 1. The van der Waals surface area contributed by atoms with Gasteiger partial charge in [-0.15, -0.1) is 0 Å². The van der Waals surface area contributed by atoms with Crippen molar-refractivity contribution >= 4 is 6.29 Å². The molecule has 1 fully saturated rings. The molecule has 0 saturated carbocycles. The molecule has 0 spiro atoms. The van der Waals surface area contributed by atoms with E-state index < -0.39 is 0 Å². The Labute approximate surface area is 109 Å². The number of ether oxygens (including phenoxy) is 1. The molecule has 18 heavy (non-hydrogen) atoms. The van der Waals surface area contributed by atoms with E-state index in [-0.39, 0.29) is 11.3 Å². The van der Waals surface area contributed by atoms with Crippen LogP contribution >= 0.6 is 0 Å². The third-order valence-corrected chi connectivity index (χ3v) is 4.20. The largest absolute Gasteiger partial charge is 0.379 e. The van der Waals surface area contributed by atoms with Crippen LogP contribution < -0.4 is 0 Å². The third-order valence-electron chi connectivity index (χ3n) is 4.20. The maximum atomic E-state index is 11.1. The molecule has 0 radical (unpaired) electrons. The van der Waals surface area contributed by atoms with Crippen LogP contribution in [0.15, 0.2) is 24.3 Å². The summed E-state index contributed by atoms with van der Waals surface area (Å²) in [6, 6.07) is 0. The Balaban J connectivity index is 2.10. The number of rotatable bonds is 3. The second-order valence-corrected chi connectivity index (χ2v) is 5.88. The lowest BCUT2D eigenvalue weighted by Gasteiger charge is -2.42. The first-order valence-corrected chi connectivity index (χ1v) is 6.68. The number of hydrogen-bond acceptors (Lipinski definition) is 3. The summed E-state index contributed by atoms with van der Waals surface area (Å²) < 4.78 is 5.38. The van der Waals surface area contributed by atoms with Crippen molar-refractivity contribution in [3.63, 3.8) is 0 Å². The Morgan fingerprint density at radius 3 is 2.78 bits per heavy atom. The predicted molar refractivity (Wildman–Crippen MR) is 72.4 cm³/mol. The summed E-state index contributed by atoms with van der Waals surface area (Å²) in [5, 5.41) is 0. The molecule has 3 nitrogen and oxygen atoms in total. The number of nitrogens with zero attached hydrogens (tertiary/aromatic N) is 1. The molecule has 2 unspecified atom stereocenters. The van der Waals surface area contributed by atoms with Crippen molar-refractivity contribution in [3.8, 4) is 0 Å². The maximum Gasteiger partial charge on any atom is 0.130 e. The number of carbonyl (C=O) groups excluding carboxylic acids is 1. The minimum atomic E-state index is -0.107. The standard InChI is InChI=1S/C15H23NO2/c1-12-13(11-17)4-5-15(2,3)14(12)10-16-6-8-18-9-7-16/h4-5,11,13-14H,1,6-10H2,2-3H3. The number of allylic oxidation sites excluding steroid dienone is 2. The molecule has 100 valence electrons. The van der Waals surface area contributed by atoms with Crippen LogP contribution in [0.2, 0.25) is 0 Å². The molecule has 0 bridgehead atoms. The lowest BCUT2D eigenvalue weighted by molar-refractivity contribution is -0.109. The van der Waals surface area contributed by atoms with Crippen molar-refractivity contribution in [2.45, 2.75) is 13.8 Å². The van der Waals surface area contributed by atoms with Crippen LogP contribution in [0.3, 0.4) is 0 Å². The molecule has 1 aliphatic carbocycles. The quantitative estimate of drug-likeness (QED) is 0.565. The molecule has 1 heterocycles. The summed E-state index contributed by atoms with van der Waals surface area (Å²) in [7, 11) is 0. The van der Waals surface area contributed by atoms with Gasteiger partial charge in [0.05, 0.1) is 19.1 Å². The van der Waals surface area contributed by atoms with Crippen molar-refractivity contribution in [2.75, 3.05) is 32.8 Å². The summed E-state index contributed by atoms with van der Waals surface area (Å²) >= 11 is 0. The number of aldehydes is 1. The highest BCUT2D eigenvalue weighted by molar-refractivity contribution is 5.63. The van der Waals surface area contributed by atoms with E-state index in [1.54, 1.807) is 0 Å². The first kappa shape index (κ1) is 13.5. The fourth-order valence-corrected chi connectivity index (χ4v) is 2.83. The van der Waals surface area contributed by atoms with Gasteiger partial charge in [0.25, 0.3) is 0 Å². The molecule has 0 aromatic carbocycles. The first-order valence-electron chi connectivity index (χ1n) is 6.68. The lowest BCUT2D eigenvalue weighted by Crippen LogP contribution is -2.44. The highest BCUT2D eigenvalue weighted by Gasteiger charge is 2.36. The molecular weight excluding hydrogens is 226 g/mol. The van der Waals surface area contributed by atoms with Gasteiger partial charge in [-0.05, 0) is 5.41 Å². The van der Waals surface area contributed by atoms with E-state index in [1.165, 1.54) is 0 Å². The van der Waals surface area contributed by atoms with E-state index in [0.717, 1.165) is 44.7 Å². The zero-order chi connectivity index (χ0) is 13.2. The Morgan fingerprint density at radius 2 is 2.17 bits per heavy atom. The number of carbonyl (C=O) groups is 1. The zero-order valence-corrected chi connectivity index (χ0v) is 11.4. The normalized spacial score (nSPS) is 32.4. The average Bonchev–Trinajstić information content (AvgIpc) is 2.36. The van der Waals surface area contributed by atoms with Crippen molar-refractivity contribution in [1.29, 1.82) is 0 Å². The van der Waals surface area contributed by atoms with E-state index in [9.17, 15) is 4.79 Å². The lowest BCUT2D eigenvalue weighted by atomic mass is 9.67. The SMILES string of the molecule is C=C1C(C=O)C=CC(C)(C)C1CN1CCOCC1. The fraction of sp³-hybridized carbons (Fsp3) is 0.667. The third kappa shape index (κ3) is 2.73. The van der Waals surface area contributed by atoms with Crippen LogP contribution in [0.25, 0.3) is 0 Å². The van der Waals surface area contributed by atoms with E-state index in [0.29, 0.717) is 5.92 Å². The van der Waals surface area contributed by atoms with E-state index in [2.05, 4.69) is 31.4 Å². The Hall–Kier alpha value is -0.930. The summed E-state index contributed by atoms with van der Waals surface area (Å²) in [5.41, 5.74) is 1.14. The first-order chi connectivity index (χ1) is 8.54. The van der Waals surface area contributed by atoms with Crippen molar-refractivity contribution in [3.05, 3.63) is 24.3 Å². The van der Waals surface area contributed by atoms with Gasteiger partial charge < -0.3 is 9.53 Å². The summed E-state index contributed by atoms with van der Waals surface area (Å²) in [6.45, 7) is 13.2. The Bertz CT molecular complexity index is 354. The van der Waals surface area contributed by atoms with Gasteiger partial charge in [0, 0.05) is 25.6 Å². The molecular formula is C15H23NO2. The minimum Gasteiger partial charge on any atom is -0.379 e. The van der Waals surface area contributed by atoms with Gasteiger partial charge in [-0.2, -0.15) is 0 Å². The molecule has 0 aromatic rings. The molecule has 2 aliphatic rings. The maximum absolute atomic E-state index is 11.1.